The fourth-order valence-electron chi connectivity index (χ4n) is 4.17. The molecular formula is C20H29F2N3O2. The van der Waals surface area contributed by atoms with Crippen molar-refractivity contribution in [3.63, 3.8) is 0 Å². The molecular weight excluding hydrogens is 352 g/mol. The SMILES string of the molecule is COc1ccc(F)c(F)c1C(=O)N1CCC([C@@H](C)N2CCN(C)CC2)CC1. The number of carbonyl (C=O) groups is 1. The lowest BCUT2D eigenvalue weighted by atomic mass is 9.88. The first-order valence-electron chi connectivity index (χ1n) is 9.66. The third-order valence-corrected chi connectivity index (χ3v) is 6.11. The molecule has 2 fully saturated rings. The van der Waals surface area contributed by atoms with Gasteiger partial charge in [0.25, 0.3) is 5.91 Å². The lowest BCUT2D eigenvalue weighted by molar-refractivity contribution is 0.0494. The molecule has 5 nitrogen and oxygen atoms in total. The highest BCUT2D eigenvalue weighted by Crippen LogP contribution is 2.29. The van der Waals surface area contributed by atoms with Crippen molar-refractivity contribution in [2.45, 2.75) is 25.8 Å². The van der Waals surface area contributed by atoms with E-state index in [1.54, 1.807) is 4.90 Å². The number of benzene rings is 1. The van der Waals surface area contributed by atoms with Gasteiger partial charge in [0, 0.05) is 45.3 Å². The van der Waals surface area contributed by atoms with Crippen LogP contribution in [0.3, 0.4) is 0 Å². The number of piperidine rings is 1. The number of piperazine rings is 1. The van der Waals surface area contributed by atoms with Gasteiger partial charge in [0.15, 0.2) is 11.6 Å². The van der Waals surface area contributed by atoms with Crippen molar-refractivity contribution in [1.29, 1.82) is 0 Å². The minimum absolute atomic E-state index is 0.0758. The summed E-state index contributed by atoms with van der Waals surface area (Å²) < 4.78 is 32.9. The van der Waals surface area contributed by atoms with Gasteiger partial charge in [-0.3, -0.25) is 9.69 Å². The zero-order valence-corrected chi connectivity index (χ0v) is 16.4. The summed E-state index contributed by atoms with van der Waals surface area (Å²) in [7, 11) is 3.50. The first-order chi connectivity index (χ1) is 12.9. The molecule has 27 heavy (non-hydrogen) atoms. The van der Waals surface area contributed by atoms with Crippen molar-refractivity contribution in [1.82, 2.24) is 14.7 Å². The van der Waals surface area contributed by atoms with Gasteiger partial charge in [0.05, 0.1) is 7.11 Å². The number of likely N-dealkylation sites (tertiary alicyclic amines) is 1. The summed E-state index contributed by atoms with van der Waals surface area (Å²) in [5, 5.41) is 0. The second-order valence-electron chi connectivity index (χ2n) is 7.65. The maximum Gasteiger partial charge on any atom is 0.260 e. The van der Waals surface area contributed by atoms with E-state index in [1.165, 1.54) is 13.2 Å². The molecule has 0 aromatic heterocycles. The van der Waals surface area contributed by atoms with Gasteiger partial charge in [-0.2, -0.15) is 0 Å². The van der Waals surface area contributed by atoms with E-state index in [0.29, 0.717) is 25.0 Å². The zero-order valence-electron chi connectivity index (χ0n) is 16.4. The number of amides is 1. The van der Waals surface area contributed by atoms with Crippen molar-refractivity contribution in [2.24, 2.45) is 5.92 Å². The van der Waals surface area contributed by atoms with E-state index in [2.05, 4.69) is 23.8 Å². The fraction of sp³-hybridized carbons (Fsp3) is 0.650. The van der Waals surface area contributed by atoms with Gasteiger partial charge in [0.2, 0.25) is 0 Å². The van der Waals surface area contributed by atoms with Gasteiger partial charge in [-0.15, -0.1) is 0 Å². The van der Waals surface area contributed by atoms with Crippen LogP contribution in [-0.4, -0.2) is 80.1 Å². The molecule has 1 atom stereocenters. The largest absolute Gasteiger partial charge is 0.496 e. The van der Waals surface area contributed by atoms with Crippen LogP contribution in [0.25, 0.3) is 0 Å². The molecule has 2 aliphatic heterocycles. The molecule has 1 aromatic carbocycles. The van der Waals surface area contributed by atoms with E-state index >= 15 is 0 Å². The van der Waals surface area contributed by atoms with E-state index in [0.717, 1.165) is 45.1 Å². The number of nitrogens with zero attached hydrogens (tertiary/aromatic N) is 3. The van der Waals surface area contributed by atoms with E-state index in [-0.39, 0.29) is 11.3 Å². The van der Waals surface area contributed by atoms with Crippen molar-refractivity contribution in [3.8, 4) is 5.75 Å². The molecule has 7 heteroatoms. The number of methoxy groups -OCH3 is 1. The normalized spacial score (nSPS) is 21.3. The summed E-state index contributed by atoms with van der Waals surface area (Å²) >= 11 is 0. The number of halogens is 2. The Morgan fingerprint density at radius 2 is 1.74 bits per heavy atom. The van der Waals surface area contributed by atoms with Crippen LogP contribution < -0.4 is 4.74 Å². The van der Waals surface area contributed by atoms with Crippen LogP contribution in [-0.2, 0) is 0 Å². The van der Waals surface area contributed by atoms with Crippen LogP contribution in [0.1, 0.15) is 30.1 Å². The van der Waals surface area contributed by atoms with E-state index in [9.17, 15) is 13.6 Å². The molecule has 0 aliphatic carbocycles. The topological polar surface area (TPSA) is 36.0 Å². The summed E-state index contributed by atoms with van der Waals surface area (Å²) in [5.74, 6) is -2.07. The minimum Gasteiger partial charge on any atom is -0.496 e. The third kappa shape index (κ3) is 4.24. The zero-order chi connectivity index (χ0) is 19.6. The highest BCUT2D eigenvalue weighted by Gasteiger charge is 2.33. The molecule has 0 unspecified atom stereocenters. The first kappa shape index (κ1) is 20.0. The Hall–Kier alpha value is -1.73. The van der Waals surface area contributed by atoms with Crippen LogP contribution >= 0.6 is 0 Å². The summed E-state index contributed by atoms with van der Waals surface area (Å²) in [6.07, 6.45) is 1.75. The second kappa shape index (κ2) is 8.52. The van der Waals surface area contributed by atoms with Crippen molar-refractivity contribution < 1.29 is 18.3 Å². The van der Waals surface area contributed by atoms with Crippen LogP contribution in [0.15, 0.2) is 12.1 Å². The molecule has 2 heterocycles. The summed E-state index contributed by atoms with van der Waals surface area (Å²) in [6.45, 7) is 7.69. The van der Waals surface area contributed by atoms with Gasteiger partial charge in [-0.05, 0) is 44.9 Å². The van der Waals surface area contributed by atoms with Gasteiger partial charge in [-0.25, -0.2) is 8.78 Å². The van der Waals surface area contributed by atoms with Crippen LogP contribution in [0, 0.1) is 17.6 Å². The molecule has 0 bridgehead atoms. The van der Waals surface area contributed by atoms with E-state index in [4.69, 9.17) is 4.74 Å². The molecule has 2 aliphatic rings. The lowest BCUT2D eigenvalue weighted by Crippen LogP contribution is -2.52. The highest BCUT2D eigenvalue weighted by atomic mass is 19.2. The quantitative estimate of drug-likeness (QED) is 0.803. The lowest BCUT2D eigenvalue weighted by Gasteiger charge is -2.42. The Bertz CT molecular complexity index is 669. The fourth-order valence-corrected chi connectivity index (χ4v) is 4.17. The number of carbonyl (C=O) groups excluding carboxylic acids is 1. The predicted octanol–water partition coefficient (Wildman–Crippen LogP) is 2.46. The molecule has 2 saturated heterocycles. The standard InChI is InChI=1S/C20H29F2N3O2/c1-14(24-12-10-23(2)11-13-24)15-6-8-25(9-7-15)20(26)18-17(27-3)5-4-16(21)19(18)22/h4-5,14-15H,6-13H2,1-3H3/t14-/m1/s1. The number of hydrogen-bond donors (Lipinski definition) is 0. The maximum absolute atomic E-state index is 14.2. The first-order valence-corrected chi connectivity index (χ1v) is 9.66. The second-order valence-corrected chi connectivity index (χ2v) is 7.65. The molecule has 1 amide bonds. The predicted molar refractivity (Wildman–Crippen MR) is 100 cm³/mol. The van der Waals surface area contributed by atoms with Gasteiger partial charge >= 0.3 is 0 Å². The Kier molecular flexibility index (Phi) is 6.32. The van der Waals surface area contributed by atoms with Crippen LogP contribution in [0.2, 0.25) is 0 Å². The minimum atomic E-state index is -1.13. The molecule has 0 spiro atoms. The Morgan fingerprint density at radius 1 is 1.11 bits per heavy atom. The summed E-state index contributed by atoms with van der Waals surface area (Å²) in [6, 6.07) is 2.75. The molecule has 0 saturated carbocycles. The number of ether oxygens (including phenoxy) is 1. The van der Waals surface area contributed by atoms with Gasteiger partial charge in [-0.1, -0.05) is 0 Å². The monoisotopic (exact) mass is 381 g/mol. The molecule has 1 aromatic rings. The average Bonchev–Trinajstić information content (AvgIpc) is 2.69. The number of rotatable bonds is 4. The Labute approximate surface area is 159 Å². The molecule has 150 valence electrons. The van der Waals surface area contributed by atoms with Crippen LogP contribution in [0.5, 0.6) is 5.75 Å². The van der Waals surface area contributed by atoms with E-state index in [1.807, 2.05) is 0 Å². The van der Waals surface area contributed by atoms with Gasteiger partial charge in [0.1, 0.15) is 11.3 Å². The maximum atomic E-state index is 14.2. The highest BCUT2D eigenvalue weighted by molar-refractivity contribution is 5.97. The summed E-state index contributed by atoms with van der Waals surface area (Å²) in [5.41, 5.74) is -0.303. The summed E-state index contributed by atoms with van der Waals surface area (Å²) in [4.78, 5) is 19.3. The third-order valence-electron chi connectivity index (χ3n) is 6.11. The van der Waals surface area contributed by atoms with Gasteiger partial charge < -0.3 is 14.5 Å². The van der Waals surface area contributed by atoms with E-state index < -0.39 is 17.5 Å². The molecule has 0 N–H and O–H groups in total. The molecule has 3 rings (SSSR count). The average molecular weight is 381 g/mol. The Balaban J connectivity index is 1.62. The van der Waals surface area contributed by atoms with Crippen molar-refractivity contribution in [3.05, 3.63) is 29.3 Å². The van der Waals surface area contributed by atoms with Crippen molar-refractivity contribution >= 4 is 5.91 Å². The Morgan fingerprint density at radius 3 is 2.33 bits per heavy atom. The number of hydrogen-bond acceptors (Lipinski definition) is 4. The molecule has 0 radical (unpaired) electrons. The smallest absolute Gasteiger partial charge is 0.260 e. The van der Waals surface area contributed by atoms with Crippen molar-refractivity contribution in [2.75, 3.05) is 53.4 Å². The van der Waals surface area contributed by atoms with Crippen LogP contribution in [0.4, 0.5) is 8.78 Å². The number of likely N-dealkylation sites (N-methyl/N-ethyl adjacent to an activating group) is 1.